The number of rotatable bonds is 3. The van der Waals surface area contributed by atoms with Crippen LogP contribution in [-0.4, -0.2) is 29.6 Å². The molecule has 2 N–H and O–H groups in total. The van der Waals surface area contributed by atoms with Crippen LogP contribution in [0.15, 0.2) is 24.3 Å². The molecule has 1 aromatic rings. The third-order valence-corrected chi connectivity index (χ3v) is 4.72. The topological polar surface area (TPSA) is 49.3 Å². The van der Waals surface area contributed by atoms with E-state index in [1.54, 1.807) is 12.1 Å². The lowest BCUT2D eigenvalue weighted by atomic mass is 9.59. The zero-order valence-electron chi connectivity index (χ0n) is 11.7. The molecule has 2 aliphatic rings. The van der Waals surface area contributed by atoms with E-state index in [0.717, 1.165) is 31.4 Å². The third-order valence-electron chi connectivity index (χ3n) is 4.72. The van der Waals surface area contributed by atoms with Crippen molar-refractivity contribution >= 4 is 5.97 Å². The fourth-order valence-corrected chi connectivity index (χ4v) is 3.82. The van der Waals surface area contributed by atoms with Crippen molar-refractivity contribution in [3.8, 4) is 0 Å². The van der Waals surface area contributed by atoms with Crippen molar-refractivity contribution in [2.75, 3.05) is 6.54 Å². The first-order chi connectivity index (χ1) is 9.88. The van der Waals surface area contributed by atoms with Crippen molar-refractivity contribution in [2.45, 2.75) is 44.1 Å². The molecule has 0 bridgehead atoms. The molecule has 21 heavy (non-hydrogen) atoms. The summed E-state index contributed by atoms with van der Waals surface area (Å²) in [6.45, 7) is 0.786. The van der Waals surface area contributed by atoms with Crippen LogP contribution in [0.1, 0.15) is 41.6 Å². The number of piperidine rings is 1. The number of nitrogens with one attached hydrogen (secondary N) is 1. The lowest BCUT2D eigenvalue weighted by Crippen LogP contribution is -2.54. The quantitative estimate of drug-likeness (QED) is 0.901. The average molecular weight is 295 g/mol. The van der Waals surface area contributed by atoms with E-state index in [2.05, 4.69) is 5.32 Å². The predicted molar refractivity (Wildman–Crippen MR) is 74.7 cm³/mol. The summed E-state index contributed by atoms with van der Waals surface area (Å²) in [5, 5.41) is 12.3. The van der Waals surface area contributed by atoms with Crippen LogP contribution in [0.25, 0.3) is 0 Å². The Morgan fingerprint density at radius 3 is 2.52 bits per heavy atom. The summed E-state index contributed by atoms with van der Waals surface area (Å²) in [6.07, 6.45) is 2.42. The normalized spacial score (nSPS) is 26.3. The van der Waals surface area contributed by atoms with Crippen LogP contribution in [0.5, 0.6) is 0 Å². The van der Waals surface area contributed by atoms with Gasteiger partial charge < -0.3 is 10.4 Å². The Morgan fingerprint density at radius 1 is 1.29 bits per heavy atom. The zero-order chi connectivity index (χ0) is 15.1. The second-order valence-electron chi connectivity index (χ2n) is 6.52. The molecule has 1 aromatic carbocycles. The molecule has 1 saturated heterocycles. The molecule has 0 amide bonds. The molecular weight excluding hydrogens is 276 g/mol. The molecular formula is C16H19F2NO2. The smallest absolute Gasteiger partial charge is 0.335 e. The number of alkyl halides is 2. The van der Waals surface area contributed by atoms with Crippen LogP contribution in [0, 0.1) is 5.41 Å². The summed E-state index contributed by atoms with van der Waals surface area (Å²) in [5.41, 5.74) is 1.13. The van der Waals surface area contributed by atoms with Crippen molar-refractivity contribution < 1.29 is 18.7 Å². The lowest BCUT2D eigenvalue weighted by Gasteiger charge is -2.52. The molecule has 3 rings (SSSR count). The molecule has 0 aromatic heterocycles. The number of carboxylic acid groups (broad SMARTS) is 1. The van der Waals surface area contributed by atoms with Crippen LogP contribution in [0.2, 0.25) is 0 Å². The van der Waals surface area contributed by atoms with Gasteiger partial charge in [-0.2, -0.15) is 0 Å². The standard InChI is InChI=1S/C16H19F2NO2/c17-16(18)9-15(10-16)5-6-19-13(8-15)7-11-1-3-12(4-2-11)14(20)21/h1-4,13,19H,5-10H2,(H,20,21). The van der Waals surface area contributed by atoms with E-state index in [9.17, 15) is 13.6 Å². The highest BCUT2D eigenvalue weighted by molar-refractivity contribution is 5.87. The SMILES string of the molecule is O=C(O)c1ccc(CC2CC3(CCN2)CC(F)(F)C3)cc1. The first kappa shape index (κ1) is 14.4. The molecule has 114 valence electrons. The summed E-state index contributed by atoms with van der Waals surface area (Å²) >= 11 is 0. The summed E-state index contributed by atoms with van der Waals surface area (Å²) in [4.78, 5) is 10.8. The van der Waals surface area contributed by atoms with Gasteiger partial charge in [-0.05, 0) is 48.9 Å². The van der Waals surface area contributed by atoms with Gasteiger partial charge in [-0.25, -0.2) is 13.6 Å². The summed E-state index contributed by atoms with van der Waals surface area (Å²) in [5.74, 6) is -3.40. The molecule has 1 saturated carbocycles. The zero-order valence-corrected chi connectivity index (χ0v) is 11.7. The van der Waals surface area contributed by atoms with Gasteiger partial charge in [0.25, 0.3) is 0 Å². The van der Waals surface area contributed by atoms with Gasteiger partial charge >= 0.3 is 5.97 Å². The molecule has 1 spiro atoms. The van der Waals surface area contributed by atoms with Crippen LogP contribution in [0.4, 0.5) is 8.78 Å². The van der Waals surface area contributed by atoms with Crippen molar-refractivity contribution in [2.24, 2.45) is 5.41 Å². The lowest BCUT2D eigenvalue weighted by molar-refractivity contribution is -0.174. The van der Waals surface area contributed by atoms with Gasteiger partial charge in [0.1, 0.15) is 0 Å². The first-order valence-corrected chi connectivity index (χ1v) is 7.31. The molecule has 2 fully saturated rings. The molecule has 1 aliphatic carbocycles. The fourth-order valence-electron chi connectivity index (χ4n) is 3.82. The van der Waals surface area contributed by atoms with E-state index in [1.807, 2.05) is 12.1 Å². The van der Waals surface area contributed by atoms with E-state index < -0.39 is 11.9 Å². The molecule has 0 radical (unpaired) electrons. The largest absolute Gasteiger partial charge is 0.478 e. The van der Waals surface area contributed by atoms with Crippen LogP contribution in [-0.2, 0) is 6.42 Å². The molecule has 1 atom stereocenters. The van der Waals surface area contributed by atoms with Crippen molar-refractivity contribution in [1.82, 2.24) is 5.32 Å². The maximum atomic E-state index is 13.2. The van der Waals surface area contributed by atoms with Gasteiger partial charge in [0.2, 0.25) is 5.92 Å². The Bertz CT molecular complexity index is 534. The van der Waals surface area contributed by atoms with E-state index in [0.29, 0.717) is 0 Å². The van der Waals surface area contributed by atoms with Gasteiger partial charge in [0.15, 0.2) is 0 Å². The van der Waals surface area contributed by atoms with E-state index >= 15 is 0 Å². The van der Waals surface area contributed by atoms with Crippen LogP contribution < -0.4 is 5.32 Å². The Hall–Kier alpha value is -1.49. The number of hydrogen-bond donors (Lipinski definition) is 2. The van der Waals surface area contributed by atoms with Crippen LogP contribution in [0.3, 0.4) is 0 Å². The number of aromatic carboxylic acids is 1. The Kier molecular flexibility index (Phi) is 3.48. The Balaban J connectivity index is 1.61. The highest BCUT2D eigenvalue weighted by Crippen LogP contribution is 2.57. The third kappa shape index (κ3) is 3.07. The van der Waals surface area contributed by atoms with Gasteiger partial charge in [0.05, 0.1) is 5.56 Å². The first-order valence-electron chi connectivity index (χ1n) is 7.31. The Labute approximate surface area is 122 Å². The van der Waals surface area contributed by atoms with Crippen molar-refractivity contribution in [3.63, 3.8) is 0 Å². The van der Waals surface area contributed by atoms with E-state index in [1.165, 1.54) is 0 Å². The second-order valence-corrected chi connectivity index (χ2v) is 6.52. The number of benzene rings is 1. The van der Waals surface area contributed by atoms with Crippen molar-refractivity contribution in [1.29, 1.82) is 0 Å². The highest BCUT2D eigenvalue weighted by Gasteiger charge is 2.57. The molecule has 1 unspecified atom stereocenters. The second kappa shape index (κ2) is 5.05. The van der Waals surface area contributed by atoms with Crippen LogP contribution >= 0.6 is 0 Å². The molecule has 5 heteroatoms. The number of hydrogen-bond acceptors (Lipinski definition) is 2. The minimum atomic E-state index is -2.47. The fraction of sp³-hybridized carbons (Fsp3) is 0.562. The molecule has 1 heterocycles. The monoisotopic (exact) mass is 295 g/mol. The summed E-state index contributed by atoms with van der Waals surface area (Å²) in [7, 11) is 0. The summed E-state index contributed by atoms with van der Waals surface area (Å²) in [6, 6.07) is 7.00. The minimum absolute atomic E-state index is 0.0239. The van der Waals surface area contributed by atoms with Gasteiger partial charge in [-0.3, -0.25) is 0 Å². The Morgan fingerprint density at radius 2 is 1.95 bits per heavy atom. The van der Waals surface area contributed by atoms with Gasteiger partial charge in [-0.15, -0.1) is 0 Å². The average Bonchev–Trinajstić information content (AvgIpc) is 2.37. The van der Waals surface area contributed by atoms with E-state index in [-0.39, 0.29) is 29.9 Å². The summed E-state index contributed by atoms with van der Waals surface area (Å²) < 4.78 is 26.3. The highest BCUT2D eigenvalue weighted by atomic mass is 19.3. The number of carbonyl (C=O) groups is 1. The number of halogens is 2. The number of carboxylic acids is 1. The van der Waals surface area contributed by atoms with Gasteiger partial charge in [0, 0.05) is 18.9 Å². The van der Waals surface area contributed by atoms with Gasteiger partial charge in [-0.1, -0.05) is 12.1 Å². The molecule has 3 nitrogen and oxygen atoms in total. The predicted octanol–water partition coefficient (Wildman–Crippen LogP) is 3.09. The maximum Gasteiger partial charge on any atom is 0.335 e. The van der Waals surface area contributed by atoms with E-state index in [4.69, 9.17) is 5.11 Å². The maximum absolute atomic E-state index is 13.2. The van der Waals surface area contributed by atoms with Crippen molar-refractivity contribution in [3.05, 3.63) is 35.4 Å². The minimum Gasteiger partial charge on any atom is -0.478 e. The molecule has 1 aliphatic heterocycles.